The van der Waals surface area contributed by atoms with Crippen LogP contribution in [-0.4, -0.2) is 22.0 Å². The lowest BCUT2D eigenvalue weighted by molar-refractivity contribution is 0.0952. The average Bonchev–Trinajstić information content (AvgIpc) is 2.36. The second-order valence-electron chi connectivity index (χ2n) is 4.03. The van der Waals surface area contributed by atoms with Gasteiger partial charge < -0.3 is 10.4 Å². The lowest BCUT2D eigenvalue weighted by atomic mass is 10.2. The van der Waals surface area contributed by atoms with Gasteiger partial charge >= 0.3 is 0 Å². The Morgan fingerprint density at radius 1 is 1.28 bits per heavy atom. The van der Waals surface area contributed by atoms with Crippen molar-refractivity contribution in [1.29, 1.82) is 0 Å². The molecule has 0 spiro atoms. The summed E-state index contributed by atoms with van der Waals surface area (Å²) < 4.78 is 1.79. The van der Waals surface area contributed by atoms with E-state index in [0.717, 1.165) is 12.8 Å². The first-order chi connectivity index (χ1) is 8.65. The number of unbranched alkanes of at least 4 members (excludes halogenated alkanes) is 3. The number of amides is 1. The number of phenols is 1. The molecular weight excluding hydrogens is 409 g/mol. The molecule has 5 heteroatoms. The van der Waals surface area contributed by atoms with E-state index in [1.54, 1.807) is 12.1 Å². The highest BCUT2D eigenvalue weighted by Gasteiger charge is 2.07. The Balaban J connectivity index is 2.30. The molecule has 100 valence electrons. The van der Waals surface area contributed by atoms with Crippen molar-refractivity contribution in [1.82, 2.24) is 5.32 Å². The zero-order valence-electron chi connectivity index (χ0n) is 10.1. The highest BCUT2D eigenvalue weighted by Crippen LogP contribution is 2.24. The van der Waals surface area contributed by atoms with Gasteiger partial charge in [-0.1, -0.05) is 35.4 Å². The summed E-state index contributed by atoms with van der Waals surface area (Å²) in [6.07, 6.45) is 4.62. The number of rotatable bonds is 7. The first-order valence-electron chi connectivity index (χ1n) is 5.98. The fraction of sp³-hybridized carbons (Fsp3) is 0.462. The number of hydrogen-bond donors (Lipinski definition) is 2. The smallest absolute Gasteiger partial charge is 0.251 e. The topological polar surface area (TPSA) is 49.3 Å². The Hall–Kier alpha value is -0.300. The van der Waals surface area contributed by atoms with E-state index in [9.17, 15) is 9.90 Å². The van der Waals surface area contributed by atoms with Crippen molar-refractivity contribution >= 4 is 44.4 Å². The first-order valence-corrected chi connectivity index (χ1v) is 8.29. The molecule has 0 saturated carbocycles. The van der Waals surface area contributed by atoms with Crippen LogP contribution < -0.4 is 5.32 Å². The van der Waals surface area contributed by atoms with E-state index >= 15 is 0 Å². The van der Waals surface area contributed by atoms with Gasteiger partial charge in [0.15, 0.2) is 0 Å². The third kappa shape index (κ3) is 5.56. The number of phenolic OH excluding ortho intramolecular Hbond substituents is 1. The monoisotopic (exact) mass is 425 g/mol. The van der Waals surface area contributed by atoms with Crippen LogP contribution in [0, 0.1) is 0 Å². The van der Waals surface area contributed by atoms with Crippen molar-refractivity contribution < 1.29 is 9.90 Å². The Morgan fingerprint density at radius 3 is 2.67 bits per heavy atom. The molecule has 0 unspecified atom stereocenters. The molecule has 1 aromatic carbocycles. The Kier molecular flexibility index (Phi) is 7.65. The van der Waals surface area contributed by atoms with Gasteiger partial charge in [0.05, 0.1) is 4.47 Å². The predicted molar refractivity (Wildman–Crippen MR) is 85.5 cm³/mol. The van der Waals surface area contributed by atoms with Crippen LogP contribution in [0.15, 0.2) is 22.7 Å². The summed E-state index contributed by atoms with van der Waals surface area (Å²) in [5, 5.41) is 12.3. The molecule has 18 heavy (non-hydrogen) atoms. The van der Waals surface area contributed by atoms with E-state index in [1.165, 1.54) is 23.3 Å². The van der Waals surface area contributed by atoms with Gasteiger partial charge in [0, 0.05) is 12.1 Å². The fourth-order valence-electron chi connectivity index (χ4n) is 1.53. The molecule has 1 rings (SSSR count). The molecule has 0 aromatic heterocycles. The Bertz CT molecular complexity index is 399. The molecule has 0 atom stereocenters. The summed E-state index contributed by atoms with van der Waals surface area (Å²) in [5.41, 5.74) is 0.489. The standard InChI is InChI=1S/C13H17BrINO2/c14-11-6-5-10(9-12(11)17)13(18)16-8-4-2-1-3-7-15/h5-6,9,17H,1-4,7-8H2,(H,16,18). The minimum absolute atomic E-state index is 0.0877. The Labute approximate surface area is 130 Å². The SMILES string of the molecule is O=C(NCCCCCCI)c1ccc(Br)c(O)c1. The van der Waals surface area contributed by atoms with Crippen molar-refractivity contribution in [2.45, 2.75) is 25.7 Å². The lowest BCUT2D eigenvalue weighted by Crippen LogP contribution is -2.24. The average molecular weight is 426 g/mol. The van der Waals surface area contributed by atoms with Crippen LogP contribution in [-0.2, 0) is 0 Å². The van der Waals surface area contributed by atoms with Crippen molar-refractivity contribution in [2.24, 2.45) is 0 Å². The molecular formula is C13H17BrINO2. The largest absolute Gasteiger partial charge is 0.507 e. The summed E-state index contributed by atoms with van der Waals surface area (Å²) in [6.45, 7) is 0.691. The quantitative estimate of drug-likeness (QED) is 0.395. The van der Waals surface area contributed by atoms with Crippen LogP contribution in [0.1, 0.15) is 36.0 Å². The number of nitrogens with one attached hydrogen (secondary N) is 1. The fourth-order valence-corrected chi connectivity index (χ4v) is 2.32. The molecule has 0 bridgehead atoms. The highest BCUT2D eigenvalue weighted by atomic mass is 127. The van der Waals surface area contributed by atoms with E-state index in [0.29, 0.717) is 16.6 Å². The molecule has 0 saturated heterocycles. The van der Waals surface area contributed by atoms with Crippen LogP contribution in [0.3, 0.4) is 0 Å². The summed E-state index contributed by atoms with van der Waals surface area (Å²) in [4.78, 5) is 11.8. The summed E-state index contributed by atoms with van der Waals surface area (Å²) in [6, 6.07) is 4.83. The molecule has 0 aliphatic heterocycles. The number of carbonyl (C=O) groups is 1. The molecule has 0 aliphatic rings. The number of benzene rings is 1. The molecule has 0 heterocycles. The van der Waals surface area contributed by atoms with Gasteiger partial charge in [-0.2, -0.15) is 0 Å². The normalized spacial score (nSPS) is 10.3. The van der Waals surface area contributed by atoms with Crippen LogP contribution in [0.2, 0.25) is 0 Å². The number of hydrogen-bond acceptors (Lipinski definition) is 2. The zero-order valence-corrected chi connectivity index (χ0v) is 13.8. The zero-order chi connectivity index (χ0) is 13.4. The van der Waals surface area contributed by atoms with Crippen LogP contribution in [0.25, 0.3) is 0 Å². The maximum Gasteiger partial charge on any atom is 0.251 e. The molecule has 1 amide bonds. The summed E-state index contributed by atoms with van der Waals surface area (Å²) >= 11 is 5.56. The second kappa shape index (κ2) is 8.74. The van der Waals surface area contributed by atoms with Crippen molar-refractivity contribution in [3.05, 3.63) is 28.2 Å². The predicted octanol–water partition coefficient (Wildman–Crippen LogP) is 3.88. The molecule has 3 nitrogen and oxygen atoms in total. The van der Waals surface area contributed by atoms with E-state index in [-0.39, 0.29) is 11.7 Å². The van der Waals surface area contributed by atoms with E-state index in [2.05, 4.69) is 43.8 Å². The maximum absolute atomic E-state index is 11.8. The molecule has 0 fully saturated rings. The van der Waals surface area contributed by atoms with E-state index in [4.69, 9.17) is 0 Å². The first kappa shape index (κ1) is 15.8. The Morgan fingerprint density at radius 2 is 2.00 bits per heavy atom. The van der Waals surface area contributed by atoms with Crippen molar-refractivity contribution in [3.8, 4) is 5.75 Å². The number of aromatic hydroxyl groups is 1. The van der Waals surface area contributed by atoms with Crippen LogP contribution in [0.5, 0.6) is 5.75 Å². The second-order valence-corrected chi connectivity index (χ2v) is 5.96. The van der Waals surface area contributed by atoms with E-state index in [1.807, 2.05) is 0 Å². The minimum atomic E-state index is -0.133. The maximum atomic E-state index is 11.8. The third-order valence-electron chi connectivity index (χ3n) is 2.55. The minimum Gasteiger partial charge on any atom is -0.507 e. The summed E-state index contributed by atoms with van der Waals surface area (Å²) in [5.74, 6) is -0.0450. The van der Waals surface area contributed by atoms with Gasteiger partial charge in [0.2, 0.25) is 0 Å². The number of alkyl halides is 1. The van der Waals surface area contributed by atoms with Gasteiger partial charge in [0.25, 0.3) is 5.91 Å². The van der Waals surface area contributed by atoms with Gasteiger partial charge in [-0.25, -0.2) is 0 Å². The number of halogens is 2. The third-order valence-corrected chi connectivity index (χ3v) is 3.99. The lowest BCUT2D eigenvalue weighted by Gasteiger charge is -2.06. The highest BCUT2D eigenvalue weighted by molar-refractivity contribution is 14.1. The van der Waals surface area contributed by atoms with Crippen molar-refractivity contribution in [2.75, 3.05) is 11.0 Å². The van der Waals surface area contributed by atoms with Gasteiger partial charge in [-0.3, -0.25) is 4.79 Å². The van der Waals surface area contributed by atoms with E-state index < -0.39 is 0 Å². The summed E-state index contributed by atoms with van der Waals surface area (Å²) in [7, 11) is 0. The van der Waals surface area contributed by atoms with Crippen LogP contribution >= 0.6 is 38.5 Å². The number of carbonyl (C=O) groups excluding carboxylic acids is 1. The van der Waals surface area contributed by atoms with Gasteiger partial charge in [0.1, 0.15) is 5.75 Å². The molecule has 0 radical (unpaired) electrons. The van der Waals surface area contributed by atoms with Crippen molar-refractivity contribution in [3.63, 3.8) is 0 Å². The molecule has 0 aliphatic carbocycles. The van der Waals surface area contributed by atoms with Crippen LogP contribution in [0.4, 0.5) is 0 Å². The molecule has 2 N–H and O–H groups in total. The molecule has 1 aromatic rings. The van der Waals surface area contributed by atoms with Gasteiger partial charge in [-0.15, -0.1) is 0 Å². The van der Waals surface area contributed by atoms with Gasteiger partial charge in [-0.05, 0) is 51.4 Å².